The summed E-state index contributed by atoms with van der Waals surface area (Å²) < 4.78 is 16.7. The van der Waals surface area contributed by atoms with Gasteiger partial charge in [-0.15, -0.1) is 0 Å². The van der Waals surface area contributed by atoms with Crippen molar-refractivity contribution in [2.45, 2.75) is 13.0 Å². The lowest BCUT2D eigenvalue weighted by Gasteiger charge is -2.19. The van der Waals surface area contributed by atoms with Crippen molar-refractivity contribution in [2.24, 2.45) is 0 Å². The molecule has 4 rings (SSSR count). The van der Waals surface area contributed by atoms with Crippen molar-refractivity contribution in [3.8, 4) is 17.2 Å². The largest absolute Gasteiger partial charge is 0.493 e. The second-order valence-corrected chi connectivity index (χ2v) is 7.02. The summed E-state index contributed by atoms with van der Waals surface area (Å²) in [4.78, 5) is 6.77. The number of aryl methyl sites for hydroxylation is 1. The van der Waals surface area contributed by atoms with Crippen LogP contribution in [0, 0.1) is 6.92 Å². The minimum absolute atomic E-state index is 0.159. The molecule has 6 nitrogen and oxygen atoms in total. The van der Waals surface area contributed by atoms with E-state index in [1.807, 2.05) is 42.6 Å². The first-order valence-electron chi connectivity index (χ1n) is 9.76. The van der Waals surface area contributed by atoms with Crippen LogP contribution in [0.4, 0.5) is 5.82 Å². The van der Waals surface area contributed by atoms with E-state index in [0.29, 0.717) is 17.2 Å². The molecule has 2 heterocycles. The molecule has 4 aromatic rings. The van der Waals surface area contributed by atoms with Gasteiger partial charge in [0.05, 0.1) is 27.5 Å². The summed E-state index contributed by atoms with van der Waals surface area (Å²) >= 11 is 0. The molecule has 6 heteroatoms. The number of aromatic nitrogens is 2. The second kappa shape index (κ2) is 8.37. The highest BCUT2D eigenvalue weighted by molar-refractivity contribution is 5.86. The van der Waals surface area contributed by atoms with Gasteiger partial charge in [-0.1, -0.05) is 24.3 Å². The lowest BCUT2D eigenvalue weighted by molar-refractivity contribution is -0.361. The van der Waals surface area contributed by atoms with Gasteiger partial charge < -0.3 is 19.2 Å². The fourth-order valence-electron chi connectivity index (χ4n) is 3.90. The lowest BCUT2D eigenvalue weighted by atomic mass is 9.95. The topological polar surface area (TPSA) is 69.7 Å². The molecule has 0 aliphatic heterocycles. The Morgan fingerprint density at radius 2 is 1.60 bits per heavy atom. The number of fused-ring (bicyclic) bond motifs is 1. The van der Waals surface area contributed by atoms with Gasteiger partial charge >= 0.3 is 0 Å². The van der Waals surface area contributed by atoms with Gasteiger partial charge in [0.1, 0.15) is 6.04 Å². The van der Waals surface area contributed by atoms with Crippen LogP contribution in [0.25, 0.3) is 10.9 Å². The van der Waals surface area contributed by atoms with Crippen LogP contribution in [0.15, 0.2) is 60.8 Å². The Morgan fingerprint density at radius 3 is 2.23 bits per heavy atom. The molecule has 3 N–H and O–H groups in total. The van der Waals surface area contributed by atoms with E-state index < -0.39 is 0 Å². The average molecular weight is 404 g/mol. The standard InChI is InChI=1S/C24H25N3O3/c1-15-22(17-9-5-6-10-18(17)26-15)23(27-21-11-7-8-12-25-21)16-13-19(28-2)24(30-4)20(14-16)29-3/h5-14,23,26H,1-4H3,(H,25,27)/p+1/t23-/m1/s1. The number of aromatic amines is 2. The summed E-state index contributed by atoms with van der Waals surface area (Å²) in [6.07, 6.45) is 1.90. The summed E-state index contributed by atoms with van der Waals surface area (Å²) in [6, 6.07) is 18.1. The molecule has 0 aliphatic rings. The van der Waals surface area contributed by atoms with Gasteiger partial charge in [-0.25, -0.2) is 4.98 Å². The van der Waals surface area contributed by atoms with Gasteiger partial charge in [0.15, 0.2) is 11.5 Å². The van der Waals surface area contributed by atoms with Gasteiger partial charge in [0.25, 0.3) is 5.82 Å². The molecule has 30 heavy (non-hydrogen) atoms. The van der Waals surface area contributed by atoms with Crippen molar-refractivity contribution >= 4 is 16.7 Å². The van der Waals surface area contributed by atoms with Crippen LogP contribution in [-0.4, -0.2) is 26.3 Å². The SMILES string of the molecule is COc1cc([C@@H](Nc2cccc[nH+]2)c2c(C)[nH]c3ccccc23)cc(OC)c1OC. The third-order valence-corrected chi connectivity index (χ3v) is 5.26. The fourth-order valence-corrected chi connectivity index (χ4v) is 3.90. The normalized spacial score (nSPS) is 11.9. The van der Waals surface area contributed by atoms with Crippen LogP contribution in [0.2, 0.25) is 0 Å². The molecule has 0 fully saturated rings. The van der Waals surface area contributed by atoms with Crippen molar-refractivity contribution in [3.63, 3.8) is 0 Å². The first-order chi connectivity index (χ1) is 14.7. The Bertz CT molecular complexity index is 1130. The number of methoxy groups -OCH3 is 3. The molecule has 0 bridgehead atoms. The van der Waals surface area contributed by atoms with Crippen LogP contribution in [-0.2, 0) is 0 Å². The van der Waals surface area contributed by atoms with E-state index >= 15 is 0 Å². The Morgan fingerprint density at radius 1 is 0.900 bits per heavy atom. The summed E-state index contributed by atoms with van der Waals surface area (Å²) in [5.41, 5.74) is 4.35. The number of H-pyrrole nitrogens is 2. The Labute approximate surface area is 175 Å². The summed E-state index contributed by atoms with van der Waals surface area (Å²) in [6.45, 7) is 2.09. The predicted molar refractivity (Wildman–Crippen MR) is 118 cm³/mol. The molecule has 2 aromatic carbocycles. The predicted octanol–water partition coefficient (Wildman–Crippen LogP) is 4.52. The van der Waals surface area contributed by atoms with Crippen molar-refractivity contribution < 1.29 is 19.2 Å². The number of hydrogen-bond acceptors (Lipinski definition) is 4. The molecule has 154 valence electrons. The maximum Gasteiger partial charge on any atom is 0.272 e. The zero-order chi connectivity index (χ0) is 21.1. The number of benzene rings is 2. The zero-order valence-electron chi connectivity index (χ0n) is 17.6. The van der Waals surface area contributed by atoms with Gasteiger partial charge in [0, 0.05) is 33.8 Å². The van der Waals surface area contributed by atoms with E-state index in [1.54, 1.807) is 21.3 Å². The molecule has 0 saturated carbocycles. The number of anilines is 1. The monoisotopic (exact) mass is 404 g/mol. The van der Waals surface area contributed by atoms with E-state index in [-0.39, 0.29) is 6.04 Å². The molecular weight excluding hydrogens is 378 g/mol. The maximum atomic E-state index is 5.61. The number of hydrogen-bond donors (Lipinski definition) is 2. The molecule has 0 aliphatic carbocycles. The first kappa shape index (κ1) is 19.6. The van der Waals surface area contributed by atoms with Gasteiger partial charge in [-0.3, -0.25) is 5.32 Å². The van der Waals surface area contributed by atoms with E-state index in [4.69, 9.17) is 14.2 Å². The van der Waals surface area contributed by atoms with Crippen LogP contribution in [0.5, 0.6) is 17.2 Å². The molecule has 2 aromatic heterocycles. The summed E-state index contributed by atoms with van der Waals surface area (Å²) in [5.74, 6) is 2.71. The minimum Gasteiger partial charge on any atom is -0.493 e. The van der Waals surface area contributed by atoms with Crippen LogP contribution < -0.4 is 24.5 Å². The fraction of sp³-hybridized carbons (Fsp3) is 0.208. The van der Waals surface area contributed by atoms with Gasteiger partial charge in [0.2, 0.25) is 5.75 Å². The molecule has 0 amide bonds. The molecule has 0 unspecified atom stereocenters. The van der Waals surface area contributed by atoms with E-state index in [9.17, 15) is 0 Å². The number of nitrogens with one attached hydrogen (secondary N) is 3. The van der Waals surface area contributed by atoms with Crippen molar-refractivity contribution in [3.05, 3.63) is 77.6 Å². The molecule has 0 radical (unpaired) electrons. The minimum atomic E-state index is -0.159. The Kier molecular flexibility index (Phi) is 5.48. The smallest absolute Gasteiger partial charge is 0.272 e. The lowest BCUT2D eigenvalue weighted by Crippen LogP contribution is -2.19. The third-order valence-electron chi connectivity index (χ3n) is 5.26. The van der Waals surface area contributed by atoms with Crippen LogP contribution >= 0.6 is 0 Å². The van der Waals surface area contributed by atoms with Gasteiger partial charge in [-0.2, -0.15) is 0 Å². The van der Waals surface area contributed by atoms with E-state index in [1.165, 1.54) is 0 Å². The highest BCUT2D eigenvalue weighted by Gasteiger charge is 2.28. The van der Waals surface area contributed by atoms with Crippen molar-refractivity contribution in [1.82, 2.24) is 4.98 Å². The Balaban J connectivity index is 1.93. The summed E-state index contributed by atoms with van der Waals surface area (Å²) in [5, 5.41) is 4.81. The molecule has 0 saturated heterocycles. The highest BCUT2D eigenvalue weighted by atomic mass is 16.5. The van der Waals surface area contributed by atoms with E-state index in [2.05, 4.69) is 40.4 Å². The van der Waals surface area contributed by atoms with Crippen LogP contribution in [0.3, 0.4) is 0 Å². The first-order valence-corrected chi connectivity index (χ1v) is 9.76. The Hall–Kier alpha value is -3.67. The number of ether oxygens (including phenoxy) is 3. The zero-order valence-corrected chi connectivity index (χ0v) is 17.6. The molecule has 0 spiro atoms. The molecular formula is C24H26N3O3+. The summed E-state index contributed by atoms with van der Waals surface area (Å²) in [7, 11) is 4.87. The number of rotatable bonds is 7. The van der Waals surface area contributed by atoms with Gasteiger partial charge in [-0.05, 0) is 31.2 Å². The van der Waals surface area contributed by atoms with Crippen molar-refractivity contribution in [2.75, 3.05) is 26.6 Å². The van der Waals surface area contributed by atoms with E-state index in [0.717, 1.165) is 33.5 Å². The third kappa shape index (κ3) is 3.52. The van der Waals surface area contributed by atoms with Crippen molar-refractivity contribution in [1.29, 1.82) is 0 Å². The van der Waals surface area contributed by atoms with Crippen LogP contribution in [0.1, 0.15) is 22.9 Å². The number of para-hydroxylation sites is 1. The maximum absolute atomic E-state index is 5.61. The quantitative estimate of drug-likeness (QED) is 0.475. The number of pyridine rings is 1. The second-order valence-electron chi connectivity index (χ2n) is 7.02. The average Bonchev–Trinajstić information content (AvgIpc) is 3.12. The highest BCUT2D eigenvalue weighted by Crippen LogP contribution is 2.43. The molecule has 1 atom stereocenters.